The first-order chi connectivity index (χ1) is 12.7. The third-order valence-electron chi connectivity index (χ3n) is 3.56. The van der Waals surface area contributed by atoms with Crippen LogP contribution < -0.4 is 15.8 Å². The number of nitrogens with two attached hydrogens (primary N) is 1. The molecule has 0 radical (unpaired) electrons. The monoisotopic (exact) mass is 394 g/mol. The summed E-state index contributed by atoms with van der Waals surface area (Å²) in [6.07, 6.45) is 0. The lowest BCUT2D eigenvalue weighted by molar-refractivity contribution is -0.118. The predicted octanol–water partition coefficient (Wildman–Crippen LogP) is 2.84. The molecule has 1 heterocycles. The molecule has 0 saturated carbocycles. The number of hydrogen-bond donors (Lipinski definition) is 2. The lowest BCUT2D eigenvalue weighted by Crippen LogP contribution is -2.23. The van der Waals surface area contributed by atoms with E-state index in [1.54, 1.807) is 32.0 Å². The van der Waals surface area contributed by atoms with Crippen LogP contribution in [0.1, 0.15) is 39.0 Å². The first-order valence-corrected chi connectivity index (χ1v) is 8.41. The number of carbonyl (C=O) groups excluding carboxylic acids is 3. The van der Waals surface area contributed by atoms with Crippen LogP contribution in [0.5, 0.6) is 5.75 Å². The number of anilines is 1. The summed E-state index contributed by atoms with van der Waals surface area (Å²) in [5.74, 6) is -1.98. The smallest absolute Gasteiger partial charge is 0.342 e. The van der Waals surface area contributed by atoms with Crippen LogP contribution in [0, 0.1) is 13.8 Å². The molecule has 2 aromatic rings. The molecule has 144 valence electrons. The first-order valence-electron chi connectivity index (χ1n) is 8.03. The maximum atomic E-state index is 12.1. The maximum absolute atomic E-state index is 12.1. The molecule has 3 N–H and O–H groups in total. The Kier molecular flexibility index (Phi) is 6.46. The Morgan fingerprint density at radius 1 is 1.22 bits per heavy atom. The zero-order valence-corrected chi connectivity index (χ0v) is 15.8. The van der Waals surface area contributed by atoms with Gasteiger partial charge in [-0.15, -0.1) is 0 Å². The van der Waals surface area contributed by atoms with Gasteiger partial charge < -0.3 is 19.6 Å². The van der Waals surface area contributed by atoms with Gasteiger partial charge >= 0.3 is 5.97 Å². The third-order valence-corrected chi connectivity index (χ3v) is 3.99. The van der Waals surface area contributed by atoms with Crippen LogP contribution in [-0.4, -0.2) is 31.0 Å². The molecule has 0 bridgehead atoms. The van der Waals surface area contributed by atoms with Crippen molar-refractivity contribution in [1.29, 1.82) is 0 Å². The highest BCUT2D eigenvalue weighted by Crippen LogP contribution is 2.28. The lowest BCUT2D eigenvalue weighted by atomic mass is 10.1. The molecule has 1 aromatic carbocycles. The van der Waals surface area contributed by atoms with Crippen molar-refractivity contribution in [3.63, 3.8) is 0 Å². The number of rotatable bonds is 7. The van der Waals surface area contributed by atoms with Gasteiger partial charge in [-0.2, -0.15) is 0 Å². The number of halogens is 1. The molecule has 0 saturated heterocycles. The molecule has 0 atom stereocenters. The average Bonchev–Trinajstić information content (AvgIpc) is 2.92. The van der Waals surface area contributed by atoms with Crippen molar-refractivity contribution in [2.45, 2.75) is 20.8 Å². The molecule has 9 heteroatoms. The van der Waals surface area contributed by atoms with Gasteiger partial charge in [-0.3, -0.25) is 14.9 Å². The summed E-state index contributed by atoms with van der Waals surface area (Å²) in [6, 6.07) is 4.95. The summed E-state index contributed by atoms with van der Waals surface area (Å²) in [7, 11) is 0. The van der Waals surface area contributed by atoms with E-state index in [9.17, 15) is 14.4 Å². The van der Waals surface area contributed by atoms with Crippen molar-refractivity contribution >= 4 is 35.3 Å². The summed E-state index contributed by atoms with van der Waals surface area (Å²) in [6.45, 7) is 4.64. The maximum Gasteiger partial charge on any atom is 0.342 e. The second kappa shape index (κ2) is 8.59. The van der Waals surface area contributed by atoms with E-state index in [0.717, 1.165) is 5.56 Å². The number of carbonyl (C=O) groups is 3. The normalized spacial score (nSPS) is 10.4. The number of aryl methyl sites for hydroxylation is 2. The highest BCUT2D eigenvalue weighted by atomic mass is 35.5. The van der Waals surface area contributed by atoms with Crippen LogP contribution in [0.4, 0.5) is 5.88 Å². The molecule has 0 aliphatic rings. The van der Waals surface area contributed by atoms with Crippen LogP contribution >= 0.6 is 11.6 Å². The molecule has 27 heavy (non-hydrogen) atoms. The molecule has 0 aliphatic carbocycles. The number of esters is 1. The van der Waals surface area contributed by atoms with Gasteiger partial charge in [0, 0.05) is 5.02 Å². The minimum Gasteiger partial charge on any atom is -0.484 e. The molecule has 2 rings (SSSR count). The highest BCUT2D eigenvalue weighted by Gasteiger charge is 2.29. The topological polar surface area (TPSA) is 121 Å². The highest BCUT2D eigenvalue weighted by molar-refractivity contribution is 6.31. The molecule has 0 aliphatic heterocycles. The van der Waals surface area contributed by atoms with Gasteiger partial charge in [-0.05, 0) is 44.5 Å². The number of furan rings is 1. The zero-order chi connectivity index (χ0) is 20.1. The Bertz CT molecular complexity index is 890. The predicted molar refractivity (Wildman–Crippen MR) is 98.2 cm³/mol. The van der Waals surface area contributed by atoms with E-state index in [2.05, 4.69) is 5.32 Å². The Labute approximate surface area is 160 Å². The second-order valence-electron chi connectivity index (χ2n) is 5.57. The van der Waals surface area contributed by atoms with Gasteiger partial charge in [0.05, 0.1) is 6.61 Å². The molecular weight excluding hydrogens is 376 g/mol. The SMILES string of the molecule is CCOC(=O)c1c(C)oc(NC(=O)COc2ccc(Cl)c(C)c2)c1C(N)=O. The summed E-state index contributed by atoms with van der Waals surface area (Å²) >= 11 is 5.93. The van der Waals surface area contributed by atoms with Crippen LogP contribution in [0.2, 0.25) is 5.02 Å². The van der Waals surface area contributed by atoms with Crippen molar-refractivity contribution in [3.8, 4) is 5.75 Å². The molecular formula is C18H19ClN2O6. The van der Waals surface area contributed by atoms with E-state index in [0.29, 0.717) is 10.8 Å². The number of benzene rings is 1. The largest absolute Gasteiger partial charge is 0.484 e. The number of primary amides is 1. The number of ether oxygens (including phenoxy) is 2. The fourth-order valence-electron chi connectivity index (χ4n) is 2.34. The van der Waals surface area contributed by atoms with E-state index in [-0.39, 0.29) is 36.0 Å². The minimum atomic E-state index is -0.931. The van der Waals surface area contributed by atoms with E-state index in [4.69, 9.17) is 31.2 Å². The van der Waals surface area contributed by atoms with Gasteiger partial charge in [-0.25, -0.2) is 4.79 Å². The molecule has 8 nitrogen and oxygen atoms in total. The Morgan fingerprint density at radius 2 is 1.93 bits per heavy atom. The summed E-state index contributed by atoms with van der Waals surface area (Å²) in [5, 5.41) is 2.96. The third kappa shape index (κ3) is 4.79. The summed E-state index contributed by atoms with van der Waals surface area (Å²) < 4.78 is 15.6. The molecule has 0 fully saturated rings. The lowest BCUT2D eigenvalue weighted by Gasteiger charge is -2.08. The van der Waals surface area contributed by atoms with E-state index in [1.807, 2.05) is 0 Å². The molecule has 1 aromatic heterocycles. The van der Waals surface area contributed by atoms with Crippen molar-refractivity contribution < 1.29 is 28.3 Å². The summed E-state index contributed by atoms with van der Waals surface area (Å²) in [4.78, 5) is 35.9. The Balaban J connectivity index is 2.15. The van der Waals surface area contributed by atoms with Gasteiger partial charge in [-0.1, -0.05) is 11.6 Å². The standard InChI is InChI=1S/C18H19ClN2O6/c1-4-25-18(24)14-10(3)27-17(15(14)16(20)23)21-13(22)8-26-11-5-6-12(19)9(2)7-11/h5-7H,4,8H2,1-3H3,(H2,20,23)(H,21,22). The van der Waals surface area contributed by atoms with Gasteiger partial charge in [0.2, 0.25) is 5.88 Å². The average molecular weight is 395 g/mol. The van der Waals surface area contributed by atoms with Crippen LogP contribution in [0.25, 0.3) is 0 Å². The number of amides is 2. The van der Waals surface area contributed by atoms with Gasteiger partial charge in [0.25, 0.3) is 11.8 Å². The quantitative estimate of drug-likeness (QED) is 0.696. The molecule has 0 spiro atoms. The van der Waals surface area contributed by atoms with Crippen LogP contribution in [0.15, 0.2) is 22.6 Å². The van der Waals surface area contributed by atoms with Crippen molar-refractivity contribution in [2.24, 2.45) is 5.73 Å². The summed E-state index contributed by atoms with van der Waals surface area (Å²) in [5.41, 5.74) is 5.76. The van der Waals surface area contributed by atoms with E-state index < -0.39 is 17.8 Å². The van der Waals surface area contributed by atoms with Gasteiger partial charge in [0.15, 0.2) is 6.61 Å². The van der Waals surface area contributed by atoms with Crippen LogP contribution in [-0.2, 0) is 9.53 Å². The van der Waals surface area contributed by atoms with Gasteiger partial charge in [0.1, 0.15) is 22.6 Å². The fraction of sp³-hybridized carbons (Fsp3) is 0.278. The minimum absolute atomic E-state index is 0.104. The second-order valence-corrected chi connectivity index (χ2v) is 5.98. The fourth-order valence-corrected chi connectivity index (χ4v) is 2.45. The number of hydrogen-bond acceptors (Lipinski definition) is 6. The van der Waals surface area contributed by atoms with E-state index >= 15 is 0 Å². The molecule has 0 unspecified atom stereocenters. The Morgan fingerprint density at radius 3 is 2.52 bits per heavy atom. The van der Waals surface area contributed by atoms with Crippen molar-refractivity contribution in [2.75, 3.05) is 18.5 Å². The number of nitrogens with one attached hydrogen (secondary N) is 1. The zero-order valence-electron chi connectivity index (χ0n) is 15.1. The van der Waals surface area contributed by atoms with Crippen molar-refractivity contribution in [3.05, 3.63) is 45.7 Å². The van der Waals surface area contributed by atoms with E-state index in [1.165, 1.54) is 6.92 Å². The molecule has 2 amide bonds. The van der Waals surface area contributed by atoms with Crippen molar-refractivity contribution in [1.82, 2.24) is 0 Å². The Hall–Kier alpha value is -3.00. The first kappa shape index (κ1) is 20.3. The van der Waals surface area contributed by atoms with Crippen LogP contribution in [0.3, 0.4) is 0 Å².